The Morgan fingerprint density at radius 1 is 1.29 bits per heavy atom. The summed E-state index contributed by atoms with van der Waals surface area (Å²) in [5.74, 6) is -0.160. The maximum absolute atomic E-state index is 13.1. The van der Waals surface area contributed by atoms with Gasteiger partial charge in [-0.2, -0.15) is 13.2 Å². The van der Waals surface area contributed by atoms with Gasteiger partial charge in [-0.3, -0.25) is 4.79 Å². The van der Waals surface area contributed by atoms with Gasteiger partial charge in [-0.15, -0.1) is 0 Å². The van der Waals surface area contributed by atoms with Crippen molar-refractivity contribution in [3.05, 3.63) is 23.8 Å². The van der Waals surface area contributed by atoms with Crippen LogP contribution >= 0.6 is 0 Å². The summed E-state index contributed by atoms with van der Waals surface area (Å²) in [5.41, 5.74) is -1.13. The molecule has 8 heteroatoms. The van der Waals surface area contributed by atoms with E-state index < -0.39 is 11.7 Å². The molecule has 1 atom stereocenters. The van der Waals surface area contributed by atoms with Gasteiger partial charge in [0.25, 0.3) is 0 Å². The van der Waals surface area contributed by atoms with Crippen LogP contribution < -0.4 is 15.4 Å². The van der Waals surface area contributed by atoms with Crippen LogP contribution in [0.2, 0.25) is 0 Å². The number of benzene rings is 1. The molecule has 0 spiro atoms. The maximum atomic E-state index is 13.1. The fraction of sp³-hybridized carbons (Fsp3) is 0.562. The van der Waals surface area contributed by atoms with E-state index in [-0.39, 0.29) is 49.1 Å². The number of anilines is 1. The number of ether oxygens (including phenoxy) is 1. The summed E-state index contributed by atoms with van der Waals surface area (Å²) >= 11 is 0. The quantitative estimate of drug-likeness (QED) is 0.675. The van der Waals surface area contributed by atoms with Crippen molar-refractivity contribution in [3.63, 3.8) is 0 Å². The van der Waals surface area contributed by atoms with Crippen molar-refractivity contribution in [2.75, 3.05) is 25.1 Å². The van der Waals surface area contributed by atoms with Crippen LogP contribution in [0.15, 0.2) is 18.2 Å². The van der Waals surface area contributed by atoms with Crippen LogP contribution in [0.25, 0.3) is 0 Å². The molecule has 1 amide bonds. The second-order valence-corrected chi connectivity index (χ2v) is 5.73. The Hall–Kier alpha value is -1.96. The van der Waals surface area contributed by atoms with Gasteiger partial charge in [0.1, 0.15) is 12.4 Å². The Balaban J connectivity index is 2.81. The molecule has 0 saturated heterocycles. The van der Waals surface area contributed by atoms with Gasteiger partial charge in [-0.25, -0.2) is 0 Å². The molecule has 0 bridgehead atoms. The van der Waals surface area contributed by atoms with Crippen LogP contribution in [0, 0.1) is 5.92 Å². The number of rotatable bonds is 8. The van der Waals surface area contributed by atoms with Gasteiger partial charge >= 0.3 is 6.18 Å². The SMILES string of the molecule is CC(C)[C@@H](C)NC(=O)CNc1ccc(OCCO)cc1C(F)(F)F. The highest BCUT2D eigenvalue weighted by Crippen LogP contribution is 2.37. The van der Waals surface area contributed by atoms with Crippen LogP contribution in [0.5, 0.6) is 5.75 Å². The zero-order valence-electron chi connectivity index (χ0n) is 13.9. The van der Waals surface area contributed by atoms with E-state index in [9.17, 15) is 18.0 Å². The van der Waals surface area contributed by atoms with Gasteiger partial charge in [0.05, 0.1) is 18.7 Å². The molecule has 0 aliphatic carbocycles. The minimum atomic E-state index is -4.59. The summed E-state index contributed by atoms with van der Waals surface area (Å²) in [6.45, 7) is 5.04. The van der Waals surface area contributed by atoms with Crippen LogP contribution in [-0.2, 0) is 11.0 Å². The largest absolute Gasteiger partial charge is 0.491 e. The van der Waals surface area contributed by atoms with E-state index in [1.807, 2.05) is 20.8 Å². The first-order valence-electron chi connectivity index (χ1n) is 7.63. The van der Waals surface area contributed by atoms with Gasteiger partial charge in [0.2, 0.25) is 5.91 Å². The molecule has 0 radical (unpaired) electrons. The lowest BCUT2D eigenvalue weighted by Crippen LogP contribution is -2.39. The topological polar surface area (TPSA) is 70.6 Å². The predicted molar refractivity (Wildman–Crippen MR) is 85.0 cm³/mol. The molecule has 0 aliphatic rings. The number of hydrogen-bond donors (Lipinski definition) is 3. The van der Waals surface area contributed by atoms with E-state index in [4.69, 9.17) is 9.84 Å². The summed E-state index contributed by atoms with van der Waals surface area (Å²) in [6.07, 6.45) is -4.59. The molecule has 1 aromatic carbocycles. The Kier molecular flexibility index (Phi) is 7.34. The first kappa shape index (κ1) is 20.1. The molecular weight excluding hydrogens is 325 g/mol. The first-order chi connectivity index (χ1) is 11.1. The van der Waals surface area contributed by atoms with Crippen LogP contribution in [0.3, 0.4) is 0 Å². The Labute approximate surface area is 139 Å². The first-order valence-corrected chi connectivity index (χ1v) is 7.63. The molecule has 1 rings (SSSR count). The Bertz CT molecular complexity index is 548. The summed E-state index contributed by atoms with van der Waals surface area (Å²) in [6, 6.07) is 3.32. The molecule has 0 aromatic heterocycles. The second-order valence-electron chi connectivity index (χ2n) is 5.73. The lowest BCUT2D eigenvalue weighted by atomic mass is 10.1. The molecular formula is C16H23F3N2O3. The number of alkyl halides is 3. The average molecular weight is 348 g/mol. The molecule has 1 aromatic rings. The Morgan fingerprint density at radius 2 is 1.96 bits per heavy atom. The van der Waals surface area contributed by atoms with Crippen molar-refractivity contribution in [1.82, 2.24) is 5.32 Å². The summed E-state index contributed by atoms with van der Waals surface area (Å²) < 4.78 is 44.4. The minimum Gasteiger partial charge on any atom is -0.491 e. The van der Waals surface area contributed by atoms with Crippen LogP contribution in [0.1, 0.15) is 26.3 Å². The van der Waals surface area contributed by atoms with Crippen molar-refractivity contribution >= 4 is 11.6 Å². The molecule has 136 valence electrons. The van der Waals surface area contributed by atoms with Gasteiger partial charge in [-0.05, 0) is 31.0 Å². The smallest absolute Gasteiger partial charge is 0.418 e. The number of nitrogens with one attached hydrogen (secondary N) is 2. The van der Waals surface area contributed by atoms with Gasteiger partial charge in [-0.1, -0.05) is 13.8 Å². The van der Waals surface area contributed by atoms with E-state index in [2.05, 4.69) is 10.6 Å². The molecule has 0 heterocycles. The Morgan fingerprint density at radius 3 is 2.50 bits per heavy atom. The van der Waals surface area contributed by atoms with E-state index in [1.165, 1.54) is 12.1 Å². The number of aliphatic hydroxyl groups is 1. The van der Waals surface area contributed by atoms with E-state index in [1.54, 1.807) is 0 Å². The minimum absolute atomic E-state index is 0.000179. The van der Waals surface area contributed by atoms with Gasteiger partial charge in [0, 0.05) is 11.7 Å². The third-order valence-electron chi connectivity index (χ3n) is 3.48. The zero-order valence-corrected chi connectivity index (χ0v) is 13.9. The number of amides is 1. The van der Waals surface area contributed by atoms with Crippen LogP contribution in [0.4, 0.5) is 18.9 Å². The van der Waals surface area contributed by atoms with E-state index >= 15 is 0 Å². The van der Waals surface area contributed by atoms with Crippen molar-refractivity contribution < 1.29 is 27.8 Å². The highest BCUT2D eigenvalue weighted by atomic mass is 19.4. The number of carbonyl (C=O) groups excluding carboxylic acids is 1. The molecule has 3 N–H and O–H groups in total. The van der Waals surface area contributed by atoms with Crippen molar-refractivity contribution in [1.29, 1.82) is 0 Å². The highest BCUT2D eigenvalue weighted by molar-refractivity contribution is 5.81. The fourth-order valence-electron chi connectivity index (χ4n) is 1.81. The predicted octanol–water partition coefficient (Wildman–Crippen LogP) is 2.65. The average Bonchev–Trinajstić information content (AvgIpc) is 2.50. The zero-order chi connectivity index (χ0) is 18.3. The normalized spacial score (nSPS) is 12.8. The lowest BCUT2D eigenvalue weighted by molar-refractivity contribution is -0.137. The number of halogens is 3. The summed E-state index contributed by atoms with van der Waals surface area (Å²) in [7, 11) is 0. The monoisotopic (exact) mass is 348 g/mol. The van der Waals surface area contributed by atoms with Crippen molar-refractivity contribution in [3.8, 4) is 5.75 Å². The molecule has 0 unspecified atom stereocenters. The lowest BCUT2D eigenvalue weighted by Gasteiger charge is -2.19. The molecule has 0 aliphatic heterocycles. The maximum Gasteiger partial charge on any atom is 0.418 e. The summed E-state index contributed by atoms with van der Waals surface area (Å²) in [5, 5.41) is 13.9. The molecule has 0 fully saturated rings. The second kappa shape index (κ2) is 8.77. The molecule has 0 saturated carbocycles. The molecule has 5 nitrogen and oxygen atoms in total. The third kappa shape index (κ3) is 6.27. The summed E-state index contributed by atoms with van der Waals surface area (Å²) in [4.78, 5) is 11.8. The van der Waals surface area contributed by atoms with Gasteiger partial charge in [0.15, 0.2) is 0 Å². The van der Waals surface area contributed by atoms with Gasteiger partial charge < -0.3 is 20.5 Å². The highest BCUT2D eigenvalue weighted by Gasteiger charge is 2.34. The van der Waals surface area contributed by atoms with Crippen molar-refractivity contribution in [2.45, 2.75) is 33.0 Å². The fourth-order valence-corrected chi connectivity index (χ4v) is 1.81. The molecule has 24 heavy (non-hydrogen) atoms. The number of carbonyl (C=O) groups is 1. The van der Waals surface area contributed by atoms with Crippen molar-refractivity contribution in [2.24, 2.45) is 5.92 Å². The number of aliphatic hydroxyl groups excluding tert-OH is 1. The van der Waals surface area contributed by atoms with Crippen LogP contribution in [-0.4, -0.2) is 36.8 Å². The number of hydrogen-bond acceptors (Lipinski definition) is 4. The van der Waals surface area contributed by atoms with E-state index in [0.717, 1.165) is 6.07 Å². The standard InChI is InChI=1S/C16H23F3N2O3/c1-10(2)11(3)21-15(23)9-20-14-5-4-12(24-7-6-22)8-13(14)16(17,18)19/h4-5,8,10-11,20,22H,6-7,9H2,1-3H3,(H,21,23)/t11-/m1/s1. The third-order valence-corrected chi connectivity index (χ3v) is 3.48. The van der Waals surface area contributed by atoms with E-state index in [0.29, 0.717) is 0 Å².